The van der Waals surface area contributed by atoms with Crippen molar-refractivity contribution < 1.29 is 9.21 Å². The first-order valence-electron chi connectivity index (χ1n) is 3.83. The van der Waals surface area contributed by atoms with E-state index in [-0.39, 0.29) is 0 Å². The minimum Gasteiger partial charge on any atom is -0.468 e. The van der Waals surface area contributed by atoms with Crippen LogP contribution in [0.2, 0.25) is 0 Å². The van der Waals surface area contributed by atoms with Gasteiger partial charge in [-0.15, -0.1) is 11.8 Å². The fraction of sp³-hybridized carbons (Fsp3) is 0.375. The molecule has 1 amide bonds. The van der Waals surface area contributed by atoms with Gasteiger partial charge >= 0.3 is 0 Å². The van der Waals surface area contributed by atoms with Crippen molar-refractivity contribution in [3.05, 3.63) is 18.1 Å². The molecule has 4 N–H and O–H groups in total. The lowest BCUT2D eigenvalue weighted by Crippen LogP contribution is -2.38. The second kappa shape index (κ2) is 4.34. The predicted molar refractivity (Wildman–Crippen MR) is 51.3 cm³/mol. The van der Waals surface area contributed by atoms with Crippen LogP contribution in [0.3, 0.4) is 0 Å². The van der Waals surface area contributed by atoms with Crippen molar-refractivity contribution in [3.63, 3.8) is 0 Å². The van der Waals surface area contributed by atoms with Crippen LogP contribution in [-0.2, 0) is 4.79 Å². The summed E-state index contributed by atoms with van der Waals surface area (Å²) < 4.78 is 5.08. The smallest absolute Gasteiger partial charge is 0.235 e. The Hall–Kier alpha value is -0.940. The van der Waals surface area contributed by atoms with Gasteiger partial charge in [-0.3, -0.25) is 4.79 Å². The summed E-state index contributed by atoms with van der Waals surface area (Å²) in [5.74, 6) is 0.839. The van der Waals surface area contributed by atoms with E-state index < -0.39 is 11.9 Å². The quantitative estimate of drug-likeness (QED) is 0.693. The number of primary amides is 1. The third-order valence-corrected chi connectivity index (χ3v) is 2.86. The summed E-state index contributed by atoms with van der Waals surface area (Å²) in [5.41, 5.74) is 10.5. The molecule has 13 heavy (non-hydrogen) atoms. The molecular weight excluding hydrogens is 188 g/mol. The zero-order valence-electron chi connectivity index (χ0n) is 7.32. The third-order valence-electron chi connectivity index (χ3n) is 1.60. The molecule has 1 atom stereocenters. The van der Waals surface area contributed by atoms with Gasteiger partial charge in [-0.05, 0) is 13.0 Å². The largest absolute Gasteiger partial charge is 0.468 e. The number of furan rings is 1. The maximum atomic E-state index is 10.6. The summed E-state index contributed by atoms with van der Waals surface area (Å²) in [4.78, 5) is 11.6. The molecule has 0 saturated carbocycles. The van der Waals surface area contributed by atoms with Crippen molar-refractivity contribution >= 4 is 17.7 Å². The van der Waals surface area contributed by atoms with Crippen LogP contribution in [-0.4, -0.2) is 17.7 Å². The first-order chi connectivity index (χ1) is 6.11. The van der Waals surface area contributed by atoms with Gasteiger partial charge in [-0.2, -0.15) is 0 Å². The molecule has 1 heterocycles. The van der Waals surface area contributed by atoms with Gasteiger partial charge < -0.3 is 15.9 Å². The molecule has 0 saturated heterocycles. The maximum Gasteiger partial charge on any atom is 0.235 e. The summed E-state index contributed by atoms with van der Waals surface area (Å²) in [6, 6.07) is 1.24. The standard InChI is InChI=1S/C8H12N2O2S/c1-5-7(2-3-12-5)13-4-6(9)8(10)11/h2-3,6H,4,9H2,1H3,(H2,10,11). The van der Waals surface area contributed by atoms with E-state index in [0.717, 1.165) is 10.7 Å². The van der Waals surface area contributed by atoms with E-state index in [4.69, 9.17) is 15.9 Å². The Bertz CT molecular complexity index is 298. The SMILES string of the molecule is Cc1occc1SCC(N)C(N)=O. The molecule has 0 bridgehead atoms. The molecule has 1 unspecified atom stereocenters. The van der Waals surface area contributed by atoms with Gasteiger partial charge in [0.25, 0.3) is 0 Å². The number of aryl methyl sites for hydroxylation is 1. The summed E-state index contributed by atoms with van der Waals surface area (Å²) in [5, 5.41) is 0. The second-order valence-electron chi connectivity index (χ2n) is 2.66. The van der Waals surface area contributed by atoms with E-state index in [0.29, 0.717) is 5.75 Å². The Labute approximate surface area is 80.6 Å². The van der Waals surface area contributed by atoms with Crippen LogP contribution in [0.25, 0.3) is 0 Å². The lowest BCUT2D eigenvalue weighted by atomic mass is 10.3. The molecule has 0 aromatic carbocycles. The zero-order chi connectivity index (χ0) is 9.84. The third kappa shape index (κ3) is 2.78. The maximum absolute atomic E-state index is 10.6. The van der Waals surface area contributed by atoms with Crippen molar-refractivity contribution in [1.29, 1.82) is 0 Å². The van der Waals surface area contributed by atoms with Gasteiger partial charge in [0, 0.05) is 10.6 Å². The summed E-state index contributed by atoms with van der Waals surface area (Å²) in [6.07, 6.45) is 1.60. The Morgan fingerprint density at radius 1 is 1.77 bits per heavy atom. The molecule has 5 heteroatoms. The Kier molecular flexibility index (Phi) is 3.39. The molecule has 0 radical (unpaired) electrons. The van der Waals surface area contributed by atoms with E-state index in [1.807, 2.05) is 13.0 Å². The summed E-state index contributed by atoms with van der Waals surface area (Å²) >= 11 is 1.47. The number of rotatable bonds is 4. The van der Waals surface area contributed by atoms with Gasteiger partial charge in [0.15, 0.2) is 0 Å². The fourth-order valence-corrected chi connectivity index (χ4v) is 1.71. The lowest BCUT2D eigenvalue weighted by Gasteiger charge is -2.05. The Balaban J connectivity index is 2.44. The molecule has 1 rings (SSSR count). The predicted octanol–water partition coefficient (Wildman–Crippen LogP) is 0.493. The lowest BCUT2D eigenvalue weighted by molar-refractivity contribution is -0.118. The van der Waals surface area contributed by atoms with Crippen LogP contribution in [0, 0.1) is 6.92 Å². The van der Waals surface area contributed by atoms with E-state index in [1.165, 1.54) is 11.8 Å². The average Bonchev–Trinajstić information content (AvgIpc) is 2.47. The molecule has 1 aromatic rings. The molecule has 72 valence electrons. The molecule has 0 aliphatic heterocycles. The first kappa shape index (κ1) is 10.1. The normalized spacial score (nSPS) is 12.8. The average molecular weight is 200 g/mol. The number of carbonyl (C=O) groups is 1. The number of hydrogen-bond donors (Lipinski definition) is 2. The van der Waals surface area contributed by atoms with Crippen LogP contribution < -0.4 is 11.5 Å². The van der Waals surface area contributed by atoms with Crippen LogP contribution in [0.5, 0.6) is 0 Å². The Morgan fingerprint density at radius 2 is 2.46 bits per heavy atom. The van der Waals surface area contributed by atoms with Crippen molar-refractivity contribution in [2.45, 2.75) is 17.9 Å². The topological polar surface area (TPSA) is 82.2 Å². The zero-order valence-corrected chi connectivity index (χ0v) is 8.14. The van der Waals surface area contributed by atoms with Gasteiger partial charge in [0.05, 0.1) is 12.3 Å². The van der Waals surface area contributed by atoms with Crippen LogP contribution in [0.15, 0.2) is 21.6 Å². The fourth-order valence-electron chi connectivity index (χ4n) is 0.785. The van der Waals surface area contributed by atoms with Crippen molar-refractivity contribution in [1.82, 2.24) is 0 Å². The highest BCUT2D eigenvalue weighted by molar-refractivity contribution is 7.99. The van der Waals surface area contributed by atoms with Gasteiger partial charge in [0.2, 0.25) is 5.91 Å². The monoisotopic (exact) mass is 200 g/mol. The van der Waals surface area contributed by atoms with Gasteiger partial charge in [-0.1, -0.05) is 0 Å². The molecule has 1 aromatic heterocycles. The molecule has 0 fully saturated rings. The van der Waals surface area contributed by atoms with E-state index >= 15 is 0 Å². The van der Waals surface area contributed by atoms with Crippen LogP contribution in [0.1, 0.15) is 5.76 Å². The number of thioether (sulfide) groups is 1. The first-order valence-corrected chi connectivity index (χ1v) is 4.81. The molecule has 4 nitrogen and oxygen atoms in total. The Morgan fingerprint density at radius 3 is 2.92 bits per heavy atom. The molecule has 0 spiro atoms. The highest BCUT2D eigenvalue weighted by Gasteiger charge is 2.10. The minimum absolute atomic E-state index is 0.478. The number of hydrogen-bond acceptors (Lipinski definition) is 4. The highest BCUT2D eigenvalue weighted by atomic mass is 32.2. The summed E-state index contributed by atoms with van der Waals surface area (Å²) in [7, 11) is 0. The minimum atomic E-state index is -0.598. The van der Waals surface area contributed by atoms with E-state index in [9.17, 15) is 4.79 Å². The van der Waals surface area contributed by atoms with E-state index in [1.54, 1.807) is 6.26 Å². The summed E-state index contributed by atoms with van der Waals surface area (Å²) in [6.45, 7) is 1.86. The van der Waals surface area contributed by atoms with Crippen LogP contribution >= 0.6 is 11.8 Å². The molecule has 0 aliphatic rings. The number of carbonyl (C=O) groups excluding carboxylic acids is 1. The van der Waals surface area contributed by atoms with Crippen molar-refractivity contribution in [2.75, 3.05) is 5.75 Å². The number of amides is 1. The van der Waals surface area contributed by atoms with E-state index in [2.05, 4.69) is 0 Å². The highest BCUT2D eigenvalue weighted by Crippen LogP contribution is 2.23. The van der Waals surface area contributed by atoms with Crippen LogP contribution in [0.4, 0.5) is 0 Å². The number of nitrogens with two attached hydrogens (primary N) is 2. The van der Waals surface area contributed by atoms with Gasteiger partial charge in [0.1, 0.15) is 5.76 Å². The second-order valence-corrected chi connectivity index (χ2v) is 3.72. The van der Waals surface area contributed by atoms with Crippen molar-refractivity contribution in [3.8, 4) is 0 Å². The van der Waals surface area contributed by atoms with Crippen molar-refractivity contribution in [2.24, 2.45) is 11.5 Å². The molecule has 0 aliphatic carbocycles. The van der Waals surface area contributed by atoms with Gasteiger partial charge in [-0.25, -0.2) is 0 Å². The molecular formula is C8H12N2O2S.